The van der Waals surface area contributed by atoms with Gasteiger partial charge in [0, 0.05) is 29.9 Å². The summed E-state index contributed by atoms with van der Waals surface area (Å²) < 4.78 is 70.6. The van der Waals surface area contributed by atoms with Gasteiger partial charge in [-0.1, -0.05) is 13.3 Å². The number of anilines is 1. The van der Waals surface area contributed by atoms with Gasteiger partial charge in [-0.3, -0.25) is 9.52 Å². The second-order valence-electron chi connectivity index (χ2n) is 6.83. The molecule has 0 saturated carbocycles. The van der Waals surface area contributed by atoms with Gasteiger partial charge in [-0.15, -0.1) is 0 Å². The maximum atomic E-state index is 12.6. The maximum absolute atomic E-state index is 12.6. The number of nitrogens with zero attached hydrogens (tertiary/aromatic N) is 3. The zero-order valence-corrected chi connectivity index (χ0v) is 17.8. The van der Waals surface area contributed by atoms with Crippen LogP contribution in [0.1, 0.15) is 30.9 Å². The molecule has 2 rings (SSSR count). The van der Waals surface area contributed by atoms with Gasteiger partial charge in [0.05, 0.1) is 11.4 Å². The quantitative estimate of drug-likeness (QED) is 0.666. The number of aromatic nitrogens is 3. The van der Waals surface area contributed by atoms with E-state index < -0.39 is 28.8 Å². The molecule has 0 fully saturated rings. The van der Waals surface area contributed by atoms with E-state index in [9.17, 15) is 26.4 Å². The number of nitrogens with one attached hydrogen (secondary N) is 1. The first-order valence-corrected chi connectivity index (χ1v) is 10.7. The van der Waals surface area contributed by atoms with Crippen LogP contribution < -0.4 is 15.0 Å². The average molecular weight is 448 g/mol. The highest BCUT2D eigenvalue weighted by Gasteiger charge is 2.29. The van der Waals surface area contributed by atoms with Crippen LogP contribution in [0.3, 0.4) is 0 Å². The predicted octanol–water partition coefficient (Wildman–Crippen LogP) is 2.94. The number of unbranched alkanes of at least 4 members (excludes halogenated alkanes) is 1. The van der Waals surface area contributed by atoms with E-state index in [1.165, 1.54) is 30.8 Å². The van der Waals surface area contributed by atoms with Crippen LogP contribution in [0.25, 0.3) is 11.3 Å². The van der Waals surface area contributed by atoms with Crippen molar-refractivity contribution in [3.63, 3.8) is 0 Å². The summed E-state index contributed by atoms with van der Waals surface area (Å²) in [6.45, 7) is 3.30. The molecule has 0 aliphatic heterocycles. The zero-order chi connectivity index (χ0) is 22.7. The minimum Gasteiger partial charge on any atom is -0.454 e. The lowest BCUT2D eigenvalue weighted by molar-refractivity contribution is -0.154. The van der Waals surface area contributed by atoms with Crippen molar-refractivity contribution in [2.45, 2.75) is 39.8 Å². The van der Waals surface area contributed by atoms with Crippen molar-refractivity contribution < 1.29 is 26.3 Å². The SMILES string of the molecule is CCCCS(=O)(=O)Nc1nc(OCC(F)(F)F)nc(-c2cc(C)c(=O)n(C)c2)c1C. The number of sulfonamides is 1. The molecule has 0 aliphatic carbocycles. The van der Waals surface area contributed by atoms with Gasteiger partial charge in [-0.2, -0.15) is 23.1 Å². The Labute approximate surface area is 172 Å². The fraction of sp³-hybridized carbons (Fsp3) is 0.500. The number of halogens is 3. The molecule has 1 N–H and O–H groups in total. The molecule has 8 nitrogen and oxygen atoms in total. The van der Waals surface area contributed by atoms with Gasteiger partial charge in [0.1, 0.15) is 5.82 Å². The van der Waals surface area contributed by atoms with Crippen molar-refractivity contribution in [3.8, 4) is 17.3 Å². The number of hydrogen-bond acceptors (Lipinski definition) is 6. The highest BCUT2D eigenvalue weighted by Crippen LogP contribution is 2.29. The van der Waals surface area contributed by atoms with E-state index in [0.29, 0.717) is 24.0 Å². The Kier molecular flexibility index (Phi) is 7.11. The molecule has 2 aromatic rings. The summed E-state index contributed by atoms with van der Waals surface area (Å²) in [4.78, 5) is 19.8. The molecule has 0 atom stereocenters. The first kappa shape index (κ1) is 23.6. The minimum atomic E-state index is -4.62. The van der Waals surface area contributed by atoms with Crippen molar-refractivity contribution in [2.24, 2.45) is 7.05 Å². The summed E-state index contributed by atoms with van der Waals surface area (Å²) in [5.74, 6) is -0.347. The molecular weight excluding hydrogens is 425 g/mol. The number of pyridine rings is 1. The third kappa shape index (κ3) is 6.18. The molecule has 0 spiro atoms. The molecule has 12 heteroatoms. The Balaban J connectivity index is 2.59. The van der Waals surface area contributed by atoms with Crippen LogP contribution in [0.5, 0.6) is 6.01 Å². The summed E-state index contributed by atoms with van der Waals surface area (Å²) >= 11 is 0. The molecule has 0 saturated heterocycles. The topological polar surface area (TPSA) is 103 Å². The summed E-state index contributed by atoms with van der Waals surface area (Å²) in [5.41, 5.74) is 0.970. The van der Waals surface area contributed by atoms with E-state index >= 15 is 0 Å². The Morgan fingerprint density at radius 2 is 1.90 bits per heavy atom. The van der Waals surface area contributed by atoms with Gasteiger partial charge < -0.3 is 9.30 Å². The van der Waals surface area contributed by atoms with Crippen LogP contribution in [-0.4, -0.2) is 41.5 Å². The van der Waals surface area contributed by atoms with Gasteiger partial charge in [-0.05, 0) is 26.3 Å². The lowest BCUT2D eigenvalue weighted by Crippen LogP contribution is -2.22. The average Bonchev–Trinajstić information content (AvgIpc) is 2.63. The van der Waals surface area contributed by atoms with Gasteiger partial charge in [0.25, 0.3) is 5.56 Å². The summed E-state index contributed by atoms with van der Waals surface area (Å²) in [5, 5.41) is 0. The highest BCUT2D eigenvalue weighted by atomic mass is 32.2. The first-order valence-electron chi connectivity index (χ1n) is 9.09. The molecule has 0 aromatic carbocycles. The number of rotatable bonds is 8. The lowest BCUT2D eigenvalue weighted by Gasteiger charge is -2.16. The van der Waals surface area contributed by atoms with Crippen molar-refractivity contribution >= 4 is 15.8 Å². The third-order valence-corrected chi connectivity index (χ3v) is 5.48. The van der Waals surface area contributed by atoms with Crippen molar-refractivity contribution in [2.75, 3.05) is 17.1 Å². The first-order chi connectivity index (χ1) is 13.8. The molecule has 166 valence electrons. The standard InChI is InChI=1S/C18H23F3N4O4S/c1-5-6-7-30(27,28)24-15-12(3)14(13-8-11(2)16(26)25(4)9-13)22-17(23-15)29-10-18(19,20)21/h8-9H,5-7,10H2,1-4H3,(H,22,23,24). The van der Waals surface area contributed by atoms with Crippen LogP contribution in [0, 0.1) is 13.8 Å². The second-order valence-corrected chi connectivity index (χ2v) is 8.68. The number of hydrogen-bond donors (Lipinski definition) is 1. The van der Waals surface area contributed by atoms with Crippen LogP contribution in [0.2, 0.25) is 0 Å². The van der Waals surface area contributed by atoms with Crippen LogP contribution in [-0.2, 0) is 17.1 Å². The number of ether oxygens (including phenoxy) is 1. The Morgan fingerprint density at radius 1 is 1.23 bits per heavy atom. The van der Waals surface area contributed by atoms with Crippen LogP contribution in [0.4, 0.5) is 19.0 Å². The predicted molar refractivity (Wildman–Crippen MR) is 106 cm³/mol. The highest BCUT2D eigenvalue weighted by molar-refractivity contribution is 7.92. The smallest absolute Gasteiger partial charge is 0.422 e. The van der Waals surface area contributed by atoms with Crippen molar-refractivity contribution in [3.05, 3.63) is 33.7 Å². The Hall–Kier alpha value is -2.63. The summed E-state index contributed by atoms with van der Waals surface area (Å²) in [6, 6.07) is 0.883. The van der Waals surface area contributed by atoms with E-state index in [4.69, 9.17) is 0 Å². The summed E-state index contributed by atoms with van der Waals surface area (Å²) in [6.07, 6.45) is -2.12. The van der Waals surface area contributed by atoms with Crippen LogP contribution in [0.15, 0.2) is 17.1 Å². The second kappa shape index (κ2) is 9.02. The molecule has 0 aliphatic rings. The van der Waals surface area contributed by atoms with Crippen LogP contribution >= 0.6 is 0 Å². The molecule has 0 bridgehead atoms. The normalized spacial score (nSPS) is 12.1. The minimum absolute atomic E-state index is 0.147. The fourth-order valence-corrected chi connectivity index (χ4v) is 3.89. The summed E-state index contributed by atoms with van der Waals surface area (Å²) in [7, 11) is -2.26. The van der Waals surface area contributed by atoms with Gasteiger partial charge in [0.2, 0.25) is 10.0 Å². The van der Waals surface area contributed by atoms with E-state index in [-0.39, 0.29) is 28.4 Å². The van der Waals surface area contributed by atoms with Crippen molar-refractivity contribution in [1.82, 2.24) is 14.5 Å². The Bertz CT molecular complexity index is 1060. The Morgan fingerprint density at radius 3 is 2.47 bits per heavy atom. The molecule has 0 amide bonds. The largest absolute Gasteiger partial charge is 0.454 e. The monoisotopic (exact) mass is 448 g/mol. The van der Waals surface area contributed by atoms with E-state index in [0.717, 1.165) is 0 Å². The van der Waals surface area contributed by atoms with Gasteiger partial charge in [-0.25, -0.2) is 8.42 Å². The zero-order valence-electron chi connectivity index (χ0n) is 17.0. The van der Waals surface area contributed by atoms with Gasteiger partial charge in [0.15, 0.2) is 6.61 Å². The lowest BCUT2D eigenvalue weighted by atomic mass is 10.1. The van der Waals surface area contributed by atoms with E-state index in [1.807, 2.05) is 6.92 Å². The molecule has 2 aromatic heterocycles. The number of alkyl halides is 3. The number of aryl methyl sites for hydroxylation is 2. The molecule has 2 heterocycles. The molecule has 0 radical (unpaired) electrons. The van der Waals surface area contributed by atoms with E-state index in [2.05, 4.69) is 19.4 Å². The van der Waals surface area contributed by atoms with Crippen molar-refractivity contribution in [1.29, 1.82) is 0 Å². The molecule has 0 unspecified atom stereocenters. The maximum Gasteiger partial charge on any atom is 0.422 e. The molecule has 30 heavy (non-hydrogen) atoms. The van der Waals surface area contributed by atoms with E-state index in [1.54, 1.807) is 6.92 Å². The van der Waals surface area contributed by atoms with Gasteiger partial charge >= 0.3 is 12.2 Å². The fourth-order valence-electron chi connectivity index (χ4n) is 2.63. The third-order valence-electron chi connectivity index (χ3n) is 4.14. The molecular formula is C18H23F3N4O4S.